The number of hydrogen-bond donors (Lipinski definition) is 1. The minimum atomic E-state index is -0.477. The molecule has 102 valence electrons. The van der Waals surface area contributed by atoms with Crippen LogP contribution in [0.4, 0.5) is 0 Å². The molecular weight excluding hydrogens is 234 g/mol. The zero-order valence-electron chi connectivity index (χ0n) is 11.4. The Morgan fingerprint density at radius 3 is 2.50 bits per heavy atom. The van der Waals surface area contributed by atoms with E-state index in [0.29, 0.717) is 13.0 Å². The molecule has 1 N–H and O–H groups in total. The van der Waals surface area contributed by atoms with Gasteiger partial charge in [-0.3, -0.25) is 19.3 Å². The summed E-state index contributed by atoms with van der Waals surface area (Å²) in [5.74, 6) is -0.335. The predicted octanol–water partition coefficient (Wildman–Crippen LogP) is -0.410. The predicted molar refractivity (Wildman–Crippen MR) is 66.7 cm³/mol. The molecule has 0 aromatic carbocycles. The monoisotopic (exact) mass is 255 g/mol. The summed E-state index contributed by atoms with van der Waals surface area (Å²) >= 11 is 0. The van der Waals surface area contributed by atoms with Crippen molar-refractivity contribution in [1.82, 2.24) is 15.1 Å². The number of amides is 3. The Bertz CT molecular complexity index is 352. The van der Waals surface area contributed by atoms with Crippen LogP contribution >= 0.6 is 0 Å². The molecule has 1 aliphatic rings. The lowest BCUT2D eigenvalue weighted by Gasteiger charge is -2.19. The molecule has 1 aliphatic heterocycles. The topological polar surface area (TPSA) is 69.7 Å². The Balaban J connectivity index is 2.43. The van der Waals surface area contributed by atoms with Crippen molar-refractivity contribution in [1.29, 1.82) is 0 Å². The Labute approximate surface area is 107 Å². The lowest BCUT2D eigenvalue weighted by molar-refractivity contribution is -0.141. The molecule has 1 fully saturated rings. The van der Waals surface area contributed by atoms with Crippen LogP contribution in [0.15, 0.2) is 0 Å². The second-order valence-corrected chi connectivity index (χ2v) is 4.94. The highest BCUT2D eigenvalue weighted by Crippen LogP contribution is 2.15. The molecule has 0 aromatic rings. The van der Waals surface area contributed by atoms with E-state index >= 15 is 0 Å². The number of nitrogens with one attached hydrogen (secondary N) is 1. The largest absolute Gasteiger partial charge is 0.349 e. The molecule has 0 aliphatic carbocycles. The quantitative estimate of drug-likeness (QED) is 0.678. The van der Waals surface area contributed by atoms with Gasteiger partial charge in [0.05, 0.1) is 12.5 Å². The van der Waals surface area contributed by atoms with Gasteiger partial charge in [-0.2, -0.15) is 0 Å². The van der Waals surface area contributed by atoms with Crippen molar-refractivity contribution in [3.8, 4) is 0 Å². The van der Waals surface area contributed by atoms with Crippen molar-refractivity contribution in [2.75, 3.05) is 20.6 Å². The second kappa shape index (κ2) is 5.95. The van der Waals surface area contributed by atoms with Crippen molar-refractivity contribution in [2.24, 2.45) is 0 Å². The van der Waals surface area contributed by atoms with E-state index in [2.05, 4.69) is 5.32 Å². The van der Waals surface area contributed by atoms with E-state index in [1.165, 1.54) is 9.80 Å². The van der Waals surface area contributed by atoms with Crippen LogP contribution in [0.1, 0.15) is 26.7 Å². The zero-order valence-corrected chi connectivity index (χ0v) is 11.4. The number of imide groups is 1. The van der Waals surface area contributed by atoms with Gasteiger partial charge in [-0.25, -0.2) is 0 Å². The first kappa shape index (κ1) is 14.6. The minimum absolute atomic E-state index is 0.0000110. The van der Waals surface area contributed by atoms with Crippen molar-refractivity contribution in [3.63, 3.8) is 0 Å². The maximum atomic E-state index is 11.9. The average Bonchev–Trinajstić information content (AvgIpc) is 2.53. The lowest BCUT2D eigenvalue weighted by Crippen LogP contribution is -2.42. The molecule has 1 atom stereocenters. The maximum Gasteiger partial charge on any atom is 0.247 e. The van der Waals surface area contributed by atoms with E-state index in [1.54, 1.807) is 14.1 Å². The molecule has 0 spiro atoms. The lowest BCUT2D eigenvalue weighted by atomic mass is 10.2. The van der Waals surface area contributed by atoms with Gasteiger partial charge in [0.2, 0.25) is 17.7 Å². The van der Waals surface area contributed by atoms with Crippen LogP contribution in [0.25, 0.3) is 0 Å². The first-order valence-corrected chi connectivity index (χ1v) is 6.14. The standard InChI is InChI=1S/C12H21N3O3/c1-8(2)15-11(17)7-9(12(15)18)13-6-5-10(16)14(3)4/h8-9,13H,5-7H2,1-4H3. The van der Waals surface area contributed by atoms with E-state index < -0.39 is 6.04 Å². The van der Waals surface area contributed by atoms with E-state index in [9.17, 15) is 14.4 Å². The van der Waals surface area contributed by atoms with E-state index in [0.717, 1.165) is 0 Å². The van der Waals surface area contributed by atoms with Gasteiger partial charge in [0.25, 0.3) is 0 Å². The molecule has 1 saturated heterocycles. The van der Waals surface area contributed by atoms with Gasteiger partial charge in [0.1, 0.15) is 0 Å². The minimum Gasteiger partial charge on any atom is -0.349 e. The van der Waals surface area contributed by atoms with Gasteiger partial charge < -0.3 is 10.2 Å². The molecular formula is C12H21N3O3. The third-order valence-electron chi connectivity index (χ3n) is 2.93. The van der Waals surface area contributed by atoms with Crippen LogP contribution < -0.4 is 5.32 Å². The molecule has 6 heteroatoms. The fourth-order valence-electron chi connectivity index (χ4n) is 1.93. The number of carbonyl (C=O) groups is 3. The first-order chi connectivity index (χ1) is 8.34. The zero-order chi connectivity index (χ0) is 13.9. The van der Waals surface area contributed by atoms with Gasteiger partial charge in [0, 0.05) is 33.1 Å². The molecule has 1 rings (SSSR count). The highest BCUT2D eigenvalue weighted by molar-refractivity contribution is 6.05. The fraction of sp³-hybridized carbons (Fsp3) is 0.750. The van der Waals surface area contributed by atoms with Gasteiger partial charge in [-0.1, -0.05) is 0 Å². The van der Waals surface area contributed by atoms with Crippen LogP contribution in [-0.2, 0) is 14.4 Å². The first-order valence-electron chi connectivity index (χ1n) is 6.14. The number of nitrogens with zero attached hydrogens (tertiary/aromatic N) is 2. The molecule has 18 heavy (non-hydrogen) atoms. The summed E-state index contributed by atoms with van der Waals surface area (Å²) in [4.78, 5) is 37.7. The second-order valence-electron chi connectivity index (χ2n) is 4.94. The van der Waals surface area contributed by atoms with Gasteiger partial charge >= 0.3 is 0 Å². The highest BCUT2D eigenvalue weighted by Gasteiger charge is 2.39. The SMILES string of the molecule is CC(C)N1C(=O)CC(NCCC(=O)N(C)C)C1=O. The van der Waals surface area contributed by atoms with Gasteiger partial charge in [-0.05, 0) is 13.8 Å². The highest BCUT2D eigenvalue weighted by atomic mass is 16.2. The summed E-state index contributed by atoms with van der Waals surface area (Å²) in [6, 6.07) is -0.588. The van der Waals surface area contributed by atoms with Crippen molar-refractivity contribution < 1.29 is 14.4 Å². The summed E-state index contributed by atoms with van der Waals surface area (Å²) in [5.41, 5.74) is 0. The maximum absolute atomic E-state index is 11.9. The summed E-state index contributed by atoms with van der Waals surface area (Å²) in [7, 11) is 3.38. The summed E-state index contributed by atoms with van der Waals surface area (Å²) < 4.78 is 0. The Morgan fingerprint density at radius 1 is 1.44 bits per heavy atom. The summed E-state index contributed by atoms with van der Waals surface area (Å²) in [6.45, 7) is 4.04. The van der Waals surface area contributed by atoms with Crippen LogP contribution in [0.3, 0.4) is 0 Å². The van der Waals surface area contributed by atoms with Gasteiger partial charge in [0.15, 0.2) is 0 Å². The van der Waals surface area contributed by atoms with E-state index in [1.807, 2.05) is 13.8 Å². The number of hydrogen-bond acceptors (Lipinski definition) is 4. The van der Waals surface area contributed by atoms with Crippen LogP contribution in [-0.4, -0.2) is 60.2 Å². The van der Waals surface area contributed by atoms with Crippen molar-refractivity contribution in [2.45, 2.75) is 38.8 Å². The average molecular weight is 255 g/mol. The van der Waals surface area contributed by atoms with Crippen LogP contribution in [0.5, 0.6) is 0 Å². The molecule has 0 aromatic heterocycles. The molecule has 0 bridgehead atoms. The number of rotatable bonds is 5. The Morgan fingerprint density at radius 2 is 2.06 bits per heavy atom. The Hall–Kier alpha value is -1.43. The number of carbonyl (C=O) groups excluding carboxylic acids is 3. The van der Waals surface area contributed by atoms with Gasteiger partial charge in [-0.15, -0.1) is 0 Å². The third kappa shape index (κ3) is 3.29. The molecule has 1 heterocycles. The third-order valence-corrected chi connectivity index (χ3v) is 2.93. The summed E-state index contributed by atoms with van der Waals surface area (Å²) in [6.07, 6.45) is 0.514. The van der Waals surface area contributed by atoms with E-state index in [4.69, 9.17) is 0 Å². The van der Waals surface area contributed by atoms with Crippen molar-refractivity contribution >= 4 is 17.7 Å². The van der Waals surface area contributed by atoms with Crippen molar-refractivity contribution in [3.05, 3.63) is 0 Å². The molecule has 6 nitrogen and oxygen atoms in total. The fourth-order valence-corrected chi connectivity index (χ4v) is 1.93. The molecule has 0 radical (unpaired) electrons. The van der Waals surface area contributed by atoms with Crippen LogP contribution in [0.2, 0.25) is 0 Å². The molecule has 3 amide bonds. The summed E-state index contributed by atoms with van der Waals surface area (Å²) in [5, 5.41) is 2.97. The molecule has 0 saturated carbocycles. The van der Waals surface area contributed by atoms with E-state index in [-0.39, 0.29) is 30.2 Å². The normalized spacial score (nSPS) is 19.8. The molecule has 1 unspecified atom stereocenters. The Kier molecular flexibility index (Phi) is 4.84. The van der Waals surface area contributed by atoms with Crippen LogP contribution in [0, 0.1) is 0 Å². The smallest absolute Gasteiger partial charge is 0.247 e. The number of likely N-dealkylation sites (tertiary alicyclic amines) is 1.